The van der Waals surface area contributed by atoms with Gasteiger partial charge in [0.05, 0.1) is 0 Å². The summed E-state index contributed by atoms with van der Waals surface area (Å²) < 4.78 is 2.43. The Balaban J connectivity index is 3.30. The van der Waals surface area contributed by atoms with E-state index in [1.165, 1.54) is 0 Å². The lowest BCUT2D eigenvalue weighted by Gasteiger charge is -2.13. The molecule has 0 saturated carbocycles. The molecule has 0 bridgehead atoms. The maximum Gasteiger partial charge on any atom is 0.336 e. The predicted octanol–water partition coefficient (Wildman–Crippen LogP) is 0.00900. The average molecular weight is 478 g/mol. The van der Waals surface area contributed by atoms with Gasteiger partial charge in [0.15, 0.2) is 0 Å². The van der Waals surface area contributed by atoms with Gasteiger partial charge in [0.1, 0.15) is 17.3 Å². The molecule has 0 amide bonds. The maximum atomic E-state index is 12.7. The van der Waals surface area contributed by atoms with Crippen LogP contribution in [0.2, 0.25) is 0 Å². The molecule has 1 aromatic heterocycles. The Kier molecular flexibility index (Phi) is 12.1. The highest BCUT2D eigenvalue weighted by Crippen LogP contribution is 1.97. The first-order chi connectivity index (χ1) is 14.3. The van der Waals surface area contributed by atoms with E-state index < -0.39 is 17.1 Å². The van der Waals surface area contributed by atoms with Crippen LogP contribution in [-0.2, 0) is 34.0 Å². The van der Waals surface area contributed by atoms with Gasteiger partial charge in [0.25, 0.3) is 0 Å². The molecule has 0 aromatic carbocycles. The number of nitrogens with zero attached hydrogens (tertiary/aromatic N) is 3. The van der Waals surface area contributed by atoms with E-state index in [0.717, 1.165) is 13.7 Å². The van der Waals surface area contributed by atoms with Crippen LogP contribution in [0.4, 0.5) is 0 Å². The number of hydrogen-bond acceptors (Lipinski definition) is 9. The Labute approximate surface area is 190 Å². The molecule has 0 spiro atoms. The number of aromatic nitrogens is 3. The molecule has 9 nitrogen and oxygen atoms in total. The number of hydrogen-bond donors (Lipinski definition) is 3. The SMILES string of the molecule is O=C(CCS)CCn1c(=O)n(CCC(=O)CCS)c(=O)n(CCC(=O)CCS)c1=O. The van der Waals surface area contributed by atoms with Crippen molar-refractivity contribution in [3.63, 3.8) is 0 Å². The zero-order valence-corrected chi connectivity index (χ0v) is 19.3. The average Bonchev–Trinajstić information content (AvgIpc) is 2.68. The second-order valence-corrected chi connectivity index (χ2v) is 7.93. The van der Waals surface area contributed by atoms with E-state index in [-0.39, 0.29) is 75.5 Å². The van der Waals surface area contributed by atoms with E-state index in [2.05, 4.69) is 37.9 Å². The molecule has 1 aromatic rings. The molecular formula is C18H27N3O6S3. The molecule has 0 aliphatic carbocycles. The second-order valence-electron chi connectivity index (χ2n) is 6.59. The number of Topliss-reactive ketones (excluding diaryl/α,β-unsaturated/α-hetero) is 3. The summed E-state index contributed by atoms with van der Waals surface area (Å²) in [6.45, 7) is -0.584. The minimum atomic E-state index is -0.875. The Morgan fingerprint density at radius 2 is 0.733 bits per heavy atom. The molecule has 12 heteroatoms. The summed E-state index contributed by atoms with van der Waals surface area (Å²) in [4.78, 5) is 73.6. The second kappa shape index (κ2) is 13.7. The van der Waals surface area contributed by atoms with Crippen molar-refractivity contribution in [2.24, 2.45) is 0 Å². The quantitative estimate of drug-likeness (QED) is 0.307. The van der Waals surface area contributed by atoms with E-state index in [9.17, 15) is 28.8 Å². The number of ketones is 3. The summed E-state index contributed by atoms with van der Waals surface area (Å²) in [7, 11) is 0. The van der Waals surface area contributed by atoms with Crippen LogP contribution in [0.25, 0.3) is 0 Å². The first-order valence-electron chi connectivity index (χ1n) is 9.59. The third kappa shape index (κ3) is 7.95. The van der Waals surface area contributed by atoms with Crippen molar-refractivity contribution in [3.8, 4) is 0 Å². The van der Waals surface area contributed by atoms with Crippen LogP contribution in [0.15, 0.2) is 14.4 Å². The molecule has 30 heavy (non-hydrogen) atoms. The van der Waals surface area contributed by atoms with E-state index in [1.54, 1.807) is 0 Å². The van der Waals surface area contributed by atoms with Gasteiger partial charge in [0, 0.05) is 58.2 Å². The van der Waals surface area contributed by atoms with Crippen LogP contribution in [0.3, 0.4) is 0 Å². The third-order valence-electron chi connectivity index (χ3n) is 4.40. The third-order valence-corrected chi connectivity index (χ3v) is 5.07. The van der Waals surface area contributed by atoms with Gasteiger partial charge in [-0.3, -0.25) is 14.4 Å². The summed E-state index contributed by atoms with van der Waals surface area (Å²) in [5.41, 5.74) is -2.62. The Bertz CT molecular complexity index is 785. The van der Waals surface area contributed by atoms with E-state index in [4.69, 9.17) is 0 Å². The Morgan fingerprint density at radius 1 is 0.500 bits per heavy atom. The zero-order valence-electron chi connectivity index (χ0n) is 16.6. The largest absolute Gasteiger partial charge is 0.336 e. The van der Waals surface area contributed by atoms with Gasteiger partial charge < -0.3 is 0 Å². The van der Waals surface area contributed by atoms with Gasteiger partial charge in [-0.25, -0.2) is 28.1 Å². The van der Waals surface area contributed by atoms with Crippen molar-refractivity contribution < 1.29 is 14.4 Å². The van der Waals surface area contributed by atoms with Crippen molar-refractivity contribution in [1.82, 2.24) is 13.7 Å². The van der Waals surface area contributed by atoms with Crippen LogP contribution in [0.5, 0.6) is 0 Å². The molecule has 0 atom stereocenters. The molecule has 0 aliphatic heterocycles. The van der Waals surface area contributed by atoms with Gasteiger partial charge in [-0.2, -0.15) is 37.9 Å². The lowest BCUT2D eigenvalue weighted by atomic mass is 10.2. The molecular weight excluding hydrogens is 450 g/mol. The normalized spacial score (nSPS) is 10.9. The number of carbonyl (C=O) groups is 3. The lowest BCUT2D eigenvalue weighted by Crippen LogP contribution is -2.55. The highest BCUT2D eigenvalue weighted by molar-refractivity contribution is 7.80. The Morgan fingerprint density at radius 3 is 0.933 bits per heavy atom. The molecule has 0 saturated heterocycles. The topological polar surface area (TPSA) is 117 Å². The minimum Gasteiger partial charge on any atom is -0.300 e. The lowest BCUT2D eigenvalue weighted by molar-refractivity contribution is -0.119. The van der Waals surface area contributed by atoms with Gasteiger partial charge >= 0.3 is 17.1 Å². The van der Waals surface area contributed by atoms with Crippen molar-refractivity contribution in [2.45, 2.75) is 58.2 Å². The fourth-order valence-corrected chi connectivity index (χ4v) is 3.46. The van der Waals surface area contributed by atoms with Crippen LogP contribution in [-0.4, -0.2) is 48.3 Å². The molecule has 0 N–H and O–H groups in total. The molecule has 0 radical (unpaired) electrons. The van der Waals surface area contributed by atoms with E-state index >= 15 is 0 Å². The fourth-order valence-electron chi connectivity index (χ4n) is 2.72. The van der Waals surface area contributed by atoms with E-state index in [1.807, 2.05) is 0 Å². The number of thiol groups is 3. The van der Waals surface area contributed by atoms with Gasteiger partial charge in [-0.05, 0) is 17.3 Å². The molecule has 1 rings (SSSR count). The minimum absolute atomic E-state index is 0.0644. The highest BCUT2D eigenvalue weighted by Gasteiger charge is 2.17. The van der Waals surface area contributed by atoms with Gasteiger partial charge in [-0.15, -0.1) is 0 Å². The smallest absolute Gasteiger partial charge is 0.300 e. The standard InChI is InChI=1S/C18H27N3O6S3/c22-13(4-10-28)1-7-19-16(25)20(8-2-14(23)5-11-29)18(27)21(17(19)26)9-3-15(24)6-12-30/h28-30H,1-12H2. The van der Waals surface area contributed by atoms with Crippen molar-refractivity contribution >= 4 is 55.2 Å². The first kappa shape index (κ1) is 26.5. The molecule has 168 valence electrons. The van der Waals surface area contributed by atoms with Crippen LogP contribution in [0.1, 0.15) is 38.5 Å². The predicted molar refractivity (Wildman–Crippen MR) is 124 cm³/mol. The molecule has 0 aliphatic rings. The fraction of sp³-hybridized carbons (Fsp3) is 0.667. The van der Waals surface area contributed by atoms with Crippen LogP contribution >= 0.6 is 37.9 Å². The van der Waals surface area contributed by atoms with Crippen LogP contribution < -0.4 is 17.1 Å². The van der Waals surface area contributed by atoms with Gasteiger partial charge in [0.2, 0.25) is 0 Å². The molecule has 0 unspecified atom stereocenters. The molecule has 1 heterocycles. The summed E-state index contributed by atoms with van der Waals surface area (Å²) in [6, 6.07) is 0. The monoisotopic (exact) mass is 477 g/mol. The van der Waals surface area contributed by atoms with Crippen LogP contribution in [0, 0.1) is 0 Å². The van der Waals surface area contributed by atoms with E-state index in [0.29, 0.717) is 17.3 Å². The van der Waals surface area contributed by atoms with Crippen molar-refractivity contribution in [2.75, 3.05) is 17.3 Å². The Hall–Kier alpha value is -1.53. The molecule has 0 fully saturated rings. The van der Waals surface area contributed by atoms with Crippen molar-refractivity contribution in [3.05, 3.63) is 31.5 Å². The van der Waals surface area contributed by atoms with Gasteiger partial charge in [-0.1, -0.05) is 0 Å². The number of carbonyl (C=O) groups excluding carboxylic acids is 3. The zero-order chi connectivity index (χ0) is 22.7. The summed E-state index contributed by atoms with van der Waals surface area (Å²) in [5, 5.41) is 0. The summed E-state index contributed by atoms with van der Waals surface area (Å²) in [6.07, 6.45) is 0.397. The first-order valence-corrected chi connectivity index (χ1v) is 11.5. The highest BCUT2D eigenvalue weighted by atomic mass is 32.1. The summed E-state index contributed by atoms with van der Waals surface area (Å²) >= 11 is 11.9. The number of rotatable bonds is 15. The maximum absolute atomic E-state index is 12.7. The summed E-state index contributed by atoms with van der Waals surface area (Å²) in [5.74, 6) is 0.518. The van der Waals surface area contributed by atoms with Crippen molar-refractivity contribution in [1.29, 1.82) is 0 Å².